The van der Waals surface area contributed by atoms with Crippen molar-refractivity contribution in [1.82, 2.24) is 9.55 Å². The van der Waals surface area contributed by atoms with Crippen molar-refractivity contribution in [1.29, 1.82) is 0 Å². The van der Waals surface area contributed by atoms with E-state index < -0.39 is 0 Å². The van der Waals surface area contributed by atoms with E-state index in [4.69, 9.17) is 4.74 Å². The van der Waals surface area contributed by atoms with Gasteiger partial charge in [-0.05, 0) is 18.8 Å². The maximum atomic E-state index is 5.31. The molecule has 4 nitrogen and oxygen atoms in total. The first-order valence-electron chi connectivity index (χ1n) is 5.15. The van der Waals surface area contributed by atoms with Gasteiger partial charge in [-0.3, -0.25) is 0 Å². The highest BCUT2D eigenvalue weighted by atomic mass is 16.5. The predicted molar refractivity (Wildman–Crippen MR) is 55.2 cm³/mol. The van der Waals surface area contributed by atoms with E-state index in [0.717, 1.165) is 44.5 Å². The summed E-state index contributed by atoms with van der Waals surface area (Å²) in [6, 6.07) is 0. The summed E-state index contributed by atoms with van der Waals surface area (Å²) in [6.07, 6.45) is 6.09. The van der Waals surface area contributed by atoms with Gasteiger partial charge in [-0.2, -0.15) is 0 Å². The van der Waals surface area contributed by atoms with Crippen molar-refractivity contribution in [2.45, 2.75) is 12.8 Å². The van der Waals surface area contributed by atoms with Gasteiger partial charge < -0.3 is 14.6 Å². The fourth-order valence-corrected chi connectivity index (χ4v) is 1.72. The predicted octanol–water partition coefficient (Wildman–Crippen LogP) is 1.26. The van der Waals surface area contributed by atoms with Crippen LogP contribution in [0.4, 0.5) is 5.95 Å². The van der Waals surface area contributed by atoms with Gasteiger partial charge in [-0.25, -0.2) is 4.98 Å². The summed E-state index contributed by atoms with van der Waals surface area (Å²) in [5, 5.41) is 3.36. The van der Waals surface area contributed by atoms with E-state index in [1.165, 1.54) is 0 Å². The Morgan fingerprint density at radius 3 is 3.00 bits per heavy atom. The van der Waals surface area contributed by atoms with Crippen LogP contribution >= 0.6 is 0 Å². The molecule has 1 aromatic rings. The lowest BCUT2D eigenvalue weighted by molar-refractivity contribution is 0.0699. The van der Waals surface area contributed by atoms with Crippen molar-refractivity contribution in [2.75, 3.05) is 25.1 Å². The zero-order valence-corrected chi connectivity index (χ0v) is 8.57. The molecule has 0 aliphatic carbocycles. The Morgan fingerprint density at radius 1 is 1.57 bits per heavy atom. The summed E-state index contributed by atoms with van der Waals surface area (Å²) >= 11 is 0. The molecular formula is C10H17N3O. The van der Waals surface area contributed by atoms with Crippen LogP contribution in [0.5, 0.6) is 0 Å². The molecule has 14 heavy (non-hydrogen) atoms. The van der Waals surface area contributed by atoms with Crippen molar-refractivity contribution in [3.8, 4) is 0 Å². The molecule has 1 fully saturated rings. The summed E-state index contributed by atoms with van der Waals surface area (Å²) in [7, 11) is 2.00. The van der Waals surface area contributed by atoms with Gasteiger partial charge in [0.2, 0.25) is 5.95 Å². The average Bonchev–Trinajstić information content (AvgIpc) is 2.63. The average molecular weight is 195 g/mol. The van der Waals surface area contributed by atoms with Gasteiger partial charge in [0.25, 0.3) is 0 Å². The molecule has 0 saturated carbocycles. The van der Waals surface area contributed by atoms with E-state index in [1.807, 2.05) is 24.0 Å². The number of nitrogens with zero attached hydrogens (tertiary/aromatic N) is 2. The molecule has 0 bridgehead atoms. The Balaban J connectivity index is 1.79. The molecule has 4 heteroatoms. The number of anilines is 1. The van der Waals surface area contributed by atoms with E-state index in [9.17, 15) is 0 Å². The second kappa shape index (κ2) is 4.46. The van der Waals surface area contributed by atoms with Crippen LogP contribution in [0.1, 0.15) is 12.8 Å². The maximum absolute atomic E-state index is 5.31. The van der Waals surface area contributed by atoms with Gasteiger partial charge in [0.15, 0.2) is 0 Å². The summed E-state index contributed by atoms with van der Waals surface area (Å²) in [5.74, 6) is 1.69. The van der Waals surface area contributed by atoms with Crippen LogP contribution in [0, 0.1) is 5.92 Å². The van der Waals surface area contributed by atoms with Crippen molar-refractivity contribution in [2.24, 2.45) is 13.0 Å². The zero-order valence-electron chi connectivity index (χ0n) is 8.57. The minimum Gasteiger partial charge on any atom is -0.381 e. The SMILES string of the molecule is Cn1ccnc1NCC1CCOCC1. The fourth-order valence-electron chi connectivity index (χ4n) is 1.72. The summed E-state index contributed by atoms with van der Waals surface area (Å²) < 4.78 is 7.31. The van der Waals surface area contributed by atoms with Crippen molar-refractivity contribution in [3.63, 3.8) is 0 Å². The zero-order chi connectivity index (χ0) is 9.80. The molecule has 1 aliphatic rings. The van der Waals surface area contributed by atoms with Gasteiger partial charge in [0, 0.05) is 39.2 Å². The molecule has 0 spiro atoms. The summed E-state index contributed by atoms with van der Waals surface area (Å²) in [6.45, 7) is 2.83. The van der Waals surface area contributed by atoms with E-state index in [1.54, 1.807) is 0 Å². The Morgan fingerprint density at radius 2 is 2.36 bits per heavy atom. The van der Waals surface area contributed by atoms with Crippen LogP contribution in [0.3, 0.4) is 0 Å². The molecule has 1 aromatic heterocycles. The third-order valence-corrected chi connectivity index (χ3v) is 2.71. The number of nitrogens with one attached hydrogen (secondary N) is 1. The van der Waals surface area contributed by atoms with Crippen molar-refractivity contribution >= 4 is 5.95 Å². The lowest BCUT2D eigenvalue weighted by Gasteiger charge is -2.22. The first-order valence-corrected chi connectivity index (χ1v) is 5.15. The third kappa shape index (κ3) is 2.26. The van der Waals surface area contributed by atoms with E-state index in [2.05, 4.69) is 10.3 Å². The highest BCUT2D eigenvalue weighted by molar-refractivity contribution is 5.25. The Labute approximate surface area is 84.3 Å². The maximum Gasteiger partial charge on any atom is 0.202 e. The molecule has 78 valence electrons. The lowest BCUT2D eigenvalue weighted by Crippen LogP contribution is -2.23. The first kappa shape index (κ1) is 9.52. The van der Waals surface area contributed by atoms with Crippen molar-refractivity contribution < 1.29 is 4.74 Å². The van der Waals surface area contributed by atoms with Gasteiger partial charge in [-0.15, -0.1) is 0 Å². The number of rotatable bonds is 3. The lowest BCUT2D eigenvalue weighted by atomic mass is 10.0. The molecule has 0 unspecified atom stereocenters. The Kier molecular flexibility index (Phi) is 3.03. The van der Waals surface area contributed by atoms with Gasteiger partial charge in [-0.1, -0.05) is 0 Å². The number of hydrogen-bond acceptors (Lipinski definition) is 3. The largest absolute Gasteiger partial charge is 0.381 e. The molecule has 1 aliphatic heterocycles. The van der Waals surface area contributed by atoms with Crippen LogP contribution in [-0.2, 0) is 11.8 Å². The number of ether oxygens (including phenoxy) is 1. The molecule has 2 heterocycles. The molecule has 0 aromatic carbocycles. The Bertz CT molecular complexity index is 279. The smallest absolute Gasteiger partial charge is 0.202 e. The second-order valence-electron chi connectivity index (χ2n) is 3.80. The van der Waals surface area contributed by atoms with E-state index >= 15 is 0 Å². The molecule has 1 saturated heterocycles. The first-order chi connectivity index (χ1) is 6.86. The number of imidazole rings is 1. The van der Waals surface area contributed by atoms with Crippen molar-refractivity contribution in [3.05, 3.63) is 12.4 Å². The van der Waals surface area contributed by atoms with E-state index in [-0.39, 0.29) is 0 Å². The standard InChI is InChI=1S/C10H17N3O/c1-13-5-4-11-10(13)12-8-9-2-6-14-7-3-9/h4-5,9H,2-3,6-8H2,1H3,(H,11,12). The highest BCUT2D eigenvalue weighted by Crippen LogP contribution is 2.15. The van der Waals surface area contributed by atoms with Crippen LogP contribution in [0.15, 0.2) is 12.4 Å². The number of aromatic nitrogens is 2. The highest BCUT2D eigenvalue weighted by Gasteiger charge is 2.13. The quantitative estimate of drug-likeness (QED) is 0.789. The molecule has 0 atom stereocenters. The van der Waals surface area contributed by atoms with Crippen LogP contribution < -0.4 is 5.32 Å². The molecular weight excluding hydrogens is 178 g/mol. The van der Waals surface area contributed by atoms with E-state index in [0.29, 0.717) is 0 Å². The minimum absolute atomic E-state index is 0.737. The molecule has 2 rings (SSSR count). The Hall–Kier alpha value is -1.03. The van der Waals surface area contributed by atoms with Gasteiger partial charge in [0.05, 0.1) is 0 Å². The van der Waals surface area contributed by atoms with Gasteiger partial charge >= 0.3 is 0 Å². The number of aryl methyl sites for hydroxylation is 1. The molecule has 1 N–H and O–H groups in total. The topological polar surface area (TPSA) is 39.1 Å². The molecule has 0 radical (unpaired) electrons. The summed E-state index contributed by atoms with van der Waals surface area (Å²) in [4.78, 5) is 4.22. The molecule has 0 amide bonds. The van der Waals surface area contributed by atoms with Crippen LogP contribution in [0.2, 0.25) is 0 Å². The normalized spacial score (nSPS) is 18.4. The minimum atomic E-state index is 0.737. The summed E-state index contributed by atoms with van der Waals surface area (Å²) in [5.41, 5.74) is 0. The fraction of sp³-hybridized carbons (Fsp3) is 0.700. The second-order valence-corrected chi connectivity index (χ2v) is 3.80. The number of hydrogen-bond donors (Lipinski definition) is 1. The monoisotopic (exact) mass is 195 g/mol. The van der Waals surface area contributed by atoms with Crippen LogP contribution in [-0.4, -0.2) is 29.3 Å². The van der Waals surface area contributed by atoms with Gasteiger partial charge in [0.1, 0.15) is 0 Å². The van der Waals surface area contributed by atoms with Crippen LogP contribution in [0.25, 0.3) is 0 Å². The third-order valence-electron chi connectivity index (χ3n) is 2.71.